The van der Waals surface area contributed by atoms with Crippen LogP contribution in [0.4, 0.5) is 0 Å². The lowest BCUT2D eigenvalue weighted by Crippen LogP contribution is -2.35. The first-order valence-corrected chi connectivity index (χ1v) is 6.70. The van der Waals surface area contributed by atoms with Crippen molar-refractivity contribution >= 4 is 9.24 Å². The van der Waals surface area contributed by atoms with Gasteiger partial charge >= 0.3 is 0 Å². The molecule has 0 heterocycles. The minimum absolute atomic E-state index is 0.126. The molecule has 1 N–H and O–H groups in total. The third-order valence-corrected chi connectivity index (χ3v) is 2.85. The molecule has 2 heteroatoms. The molecule has 0 aliphatic heterocycles. The lowest BCUT2D eigenvalue weighted by molar-refractivity contribution is 0.465. The topological polar surface area (TPSA) is 12.0 Å². The molecule has 15 heavy (non-hydrogen) atoms. The van der Waals surface area contributed by atoms with Crippen LogP contribution < -0.4 is 5.32 Å². The first-order valence-electron chi connectivity index (χ1n) is 6.12. The van der Waals surface area contributed by atoms with Gasteiger partial charge in [0.25, 0.3) is 0 Å². The molecule has 0 aliphatic rings. The average Bonchev–Trinajstić information content (AvgIpc) is 2.00. The van der Waals surface area contributed by atoms with E-state index >= 15 is 0 Å². The van der Waals surface area contributed by atoms with Gasteiger partial charge in [-0.15, -0.1) is 9.24 Å². The number of unbranched alkanes of at least 4 members (excludes halogenated alkanes) is 2. The van der Waals surface area contributed by atoms with E-state index in [-0.39, 0.29) is 5.28 Å². The number of hydrogen-bond donors (Lipinski definition) is 1. The Kier molecular flexibility index (Phi) is 7.26. The lowest BCUT2D eigenvalue weighted by atomic mass is 10.1. The van der Waals surface area contributed by atoms with Crippen molar-refractivity contribution < 1.29 is 0 Å². The third kappa shape index (κ3) is 8.93. The first kappa shape index (κ1) is 15.0. The van der Waals surface area contributed by atoms with Crippen LogP contribution in [0.1, 0.15) is 59.8 Å². The van der Waals surface area contributed by atoms with E-state index in [0.717, 1.165) is 6.42 Å². The van der Waals surface area contributed by atoms with Gasteiger partial charge in [0.1, 0.15) is 0 Å². The lowest BCUT2D eigenvalue weighted by Gasteiger charge is -2.29. The van der Waals surface area contributed by atoms with Crippen molar-refractivity contribution in [3.8, 4) is 0 Å². The monoisotopic (exact) mass is 229 g/mol. The maximum absolute atomic E-state index is 4.08. The van der Waals surface area contributed by atoms with E-state index in [0.29, 0.717) is 5.92 Å². The Morgan fingerprint density at radius 3 is 2.47 bits per heavy atom. The second-order valence-corrected chi connectivity index (χ2v) is 6.48. The smallest absolute Gasteiger partial charge is 0.0480 e. The molecule has 0 saturated heterocycles. The fourth-order valence-electron chi connectivity index (χ4n) is 1.75. The zero-order valence-electron chi connectivity index (χ0n) is 10.9. The minimum atomic E-state index is 0.126. The summed E-state index contributed by atoms with van der Waals surface area (Å²) in [4.78, 5) is 0. The van der Waals surface area contributed by atoms with Crippen LogP contribution in [-0.4, -0.2) is 5.28 Å². The molecule has 0 saturated carbocycles. The molecule has 2 unspecified atom stereocenters. The quantitative estimate of drug-likeness (QED) is 0.483. The van der Waals surface area contributed by atoms with E-state index < -0.39 is 0 Å². The molecule has 0 amide bonds. The third-order valence-electron chi connectivity index (χ3n) is 2.42. The second kappa shape index (κ2) is 7.28. The highest BCUT2D eigenvalue weighted by Gasteiger charge is 2.17. The largest absolute Gasteiger partial charge is 0.380 e. The van der Waals surface area contributed by atoms with Gasteiger partial charge in [-0.2, -0.15) is 0 Å². The van der Waals surface area contributed by atoms with Crippen molar-refractivity contribution in [2.45, 2.75) is 65.1 Å². The molecular weight excluding hydrogens is 201 g/mol. The molecule has 0 radical (unpaired) electrons. The van der Waals surface area contributed by atoms with Gasteiger partial charge < -0.3 is 5.32 Å². The summed E-state index contributed by atoms with van der Waals surface area (Å²) in [6, 6.07) is 0. The first-order chi connectivity index (χ1) is 6.87. The van der Waals surface area contributed by atoms with Crippen LogP contribution in [0.5, 0.6) is 0 Å². The van der Waals surface area contributed by atoms with E-state index in [9.17, 15) is 0 Å². The summed E-state index contributed by atoms with van der Waals surface area (Å²) >= 11 is 0. The number of hydrogen-bond acceptors (Lipinski definition) is 1. The number of nitrogens with one attached hydrogen (secondary N) is 1. The van der Waals surface area contributed by atoms with E-state index in [1.54, 1.807) is 0 Å². The molecule has 90 valence electrons. The molecule has 0 fully saturated rings. The Morgan fingerprint density at radius 2 is 2.00 bits per heavy atom. The Hall–Kier alpha value is -0.0300. The Morgan fingerprint density at radius 1 is 1.40 bits per heavy atom. The van der Waals surface area contributed by atoms with Gasteiger partial charge in [-0.25, -0.2) is 0 Å². The molecule has 0 aromatic rings. The molecule has 2 atom stereocenters. The van der Waals surface area contributed by atoms with Gasteiger partial charge in [-0.05, 0) is 25.7 Å². The fraction of sp³-hybridized carbons (Fsp3) is 0.846. The zero-order valence-corrected chi connectivity index (χ0v) is 12.1. The van der Waals surface area contributed by atoms with Crippen LogP contribution in [0.15, 0.2) is 12.3 Å². The summed E-state index contributed by atoms with van der Waals surface area (Å²) in [7, 11) is 2.92. The highest BCUT2D eigenvalue weighted by atomic mass is 31.0. The normalized spacial score (nSPS) is 15.1. The summed E-state index contributed by atoms with van der Waals surface area (Å²) in [5.41, 5.74) is 1.17. The zero-order chi connectivity index (χ0) is 11.9. The predicted octanol–water partition coefficient (Wildman–Crippen LogP) is 4.31. The average molecular weight is 229 g/mol. The van der Waals surface area contributed by atoms with E-state index in [1.807, 2.05) is 0 Å². The van der Waals surface area contributed by atoms with Crippen LogP contribution >= 0.6 is 9.24 Å². The van der Waals surface area contributed by atoms with E-state index in [2.05, 4.69) is 48.8 Å². The van der Waals surface area contributed by atoms with Crippen LogP contribution in [-0.2, 0) is 0 Å². The number of rotatable bonds is 8. The molecule has 0 aromatic carbocycles. The summed E-state index contributed by atoms with van der Waals surface area (Å²) in [5, 5.41) is 3.64. The predicted molar refractivity (Wildman–Crippen MR) is 74.0 cm³/mol. The summed E-state index contributed by atoms with van der Waals surface area (Å²) in [6.45, 7) is 13.0. The second-order valence-electron chi connectivity index (χ2n) is 5.20. The Labute approximate surface area is 98.3 Å². The summed E-state index contributed by atoms with van der Waals surface area (Å²) < 4.78 is 0. The maximum Gasteiger partial charge on any atom is 0.0480 e. The van der Waals surface area contributed by atoms with E-state index in [1.165, 1.54) is 31.4 Å². The highest BCUT2D eigenvalue weighted by Crippen LogP contribution is 2.24. The van der Waals surface area contributed by atoms with Crippen molar-refractivity contribution in [1.82, 2.24) is 5.32 Å². The van der Waals surface area contributed by atoms with Crippen LogP contribution in [0.2, 0.25) is 0 Å². The van der Waals surface area contributed by atoms with Gasteiger partial charge in [0.2, 0.25) is 0 Å². The van der Waals surface area contributed by atoms with E-state index in [4.69, 9.17) is 0 Å². The van der Waals surface area contributed by atoms with Crippen molar-refractivity contribution in [1.29, 1.82) is 0 Å². The summed E-state index contributed by atoms with van der Waals surface area (Å²) in [6.07, 6.45) is 6.16. The molecule has 0 aliphatic carbocycles. The van der Waals surface area contributed by atoms with Gasteiger partial charge in [0.05, 0.1) is 0 Å². The summed E-state index contributed by atoms with van der Waals surface area (Å²) in [5.74, 6) is 0.682. The minimum Gasteiger partial charge on any atom is -0.380 e. The van der Waals surface area contributed by atoms with Crippen molar-refractivity contribution in [3.05, 3.63) is 12.3 Å². The van der Waals surface area contributed by atoms with Gasteiger partial charge in [-0.3, -0.25) is 0 Å². The van der Waals surface area contributed by atoms with Crippen molar-refractivity contribution in [2.75, 3.05) is 0 Å². The Balaban J connectivity index is 3.85. The molecular formula is C13H28NP. The molecule has 0 bridgehead atoms. The van der Waals surface area contributed by atoms with Crippen LogP contribution in [0.3, 0.4) is 0 Å². The fourth-order valence-corrected chi connectivity index (χ4v) is 2.16. The van der Waals surface area contributed by atoms with Crippen LogP contribution in [0.25, 0.3) is 0 Å². The van der Waals surface area contributed by atoms with Crippen molar-refractivity contribution in [3.63, 3.8) is 0 Å². The standard InChI is InChI=1S/C13H28NP/c1-6-7-8-9-13(5,15)14-12(4)10-11(2)3/h11,14H,4,6-10,15H2,1-3,5H3. The maximum atomic E-state index is 4.08. The molecule has 0 rings (SSSR count). The SMILES string of the molecule is C=C(CC(C)C)NC(C)(P)CCCCC. The highest BCUT2D eigenvalue weighted by molar-refractivity contribution is 7.18. The Bertz CT molecular complexity index is 185. The number of allylic oxidation sites excluding steroid dienone is 1. The molecule has 0 aromatic heterocycles. The van der Waals surface area contributed by atoms with Crippen molar-refractivity contribution in [2.24, 2.45) is 5.92 Å². The van der Waals surface area contributed by atoms with Gasteiger partial charge in [0.15, 0.2) is 0 Å². The van der Waals surface area contributed by atoms with Crippen LogP contribution in [0, 0.1) is 5.92 Å². The molecule has 0 spiro atoms. The molecule has 1 nitrogen and oxygen atoms in total. The van der Waals surface area contributed by atoms with Gasteiger partial charge in [0, 0.05) is 11.0 Å². The van der Waals surface area contributed by atoms with Gasteiger partial charge in [-0.1, -0.05) is 46.6 Å².